The van der Waals surface area contributed by atoms with Crippen LogP contribution in [0.5, 0.6) is 0 Å². The van der Waals surface area contributed by atoms with Crippen molar-refractivity contribution in [1.82, 2.24) is 15.3 Å². The maximum absolute atomic E-state index is 12.9. The number of benzene rings is 1. The Morgan fingerprint density at radius 3 is 2.64 bits per heavy atom. The molecule has 0 atom stereocenters. The molecular weight excluding hydrogens is 319 g/mol. The lowest BCUT2D eigenvalue weighted by Gasteiger charge is -2.18. The summed E-state index contributed by atoms with van der Waals surface area (Å²) in [6.07, 6.45) is 2.81. The highest BCUT2D eigenvalue weighted by Gasteiger charge is 2.12. The van der Waals surface area contributed by atoms with Crippen molar-refractivity contribution in [3.8, 4) is 0 Å². The topological polar surface area (TPSA) is 58.1 Å². The molecule has 0 aliphatic rings. The van der Waals surface area contributed by atoms with Crippen LogP contribution >= 0.6 is 0 Å². The van der Waals surface area contributed by atoms with Crippen molar-refractivity contribution >= 4 is 11.7 Å². The Bertz CT molecular complexity index is 703. The van der Waals surface area contributed by atoms with Crippen LogP contribution in [-0.2, 0) is 6.42 Å². The number of anilines is 1. The number of nitrogens with zero attached hydrogens (tertiary/aromatic N) is 3. The SMILES string of the molecule is CCCCN(C)c1cc(C(=O)NCCc2ccc(F)cc2)nc(C)n1. The summed E-state index contributed by atoms with van der Waals surface area (Å²) in [5.74, 6) is 0.843. The van der Waals surface area contributed by atoms with Gasteiger partial charge in [-0.25, -0.2) is 14.4 Å². The average Bonchev–Trinajstić information content (AvgIpc) is 2.60. The first-order chi connectivity index (χ1) is 12.0. The summed E-state index contributed by atoms with van der Waals surface area (Å²) in [4.78, 5) is 23.0. The van der Waals surface area contributed by atoms with Gasteiger partial charge in [-0.2, -0.15) is 0 Å². The van der Waals surface area contributed by atoms with Crippen LogP contribution in [0, 0.1) is 12.7 Å². The molecule has 5 nitrogen and oxygen atoms in total. The van der Waals surface area contributed by atoms with Crippen molar-refractivity contribution in [3.05, 3.63) is 53.2 Å². The molecule has 1 aromatic carbocycles. The maximum Gasteiger partial charge on any atom is 0.270 e. The number of nitrogens with one attached hydrogen (secondary N) is 1. The molecule has 1 aromatic heterocycles. The van der Waals surface area contributed by atoms with Crippen molar-refractivity contribution in [3.63, 3.8) is 0 Å². The van der Waals surface area contributed by atoms with Crippen molar-refractivity contribution in [1.29, 1.82) is 0 Å². The number of hydrogen-bond donors (Lipinski definition) is 1. The number of hydrogen-bond acceptors (Lipinski definition) is 4. The highest BCUT2D eigenvalue weighted by atomic mass is 19.1. The summed E-state index contributed by atoms with van der Waals surface area (Å²) >= 11 is 0. The van der Waals surface area contributed by atoms with E-state index in [4.69, 9.17) is 0 Å². The van der Waals surface area contributed by atoms with E-state index in [-0.39, 0.29) is 11.7 Å². The van der Waals surface area contributed by atoms with Gasteiger partial charge in [-0.15, -0.1) is 0 Å². The second-order valence-corrected chi connectivity index (χ2v) is 6.07. The van der Waals surface area contributed by atoms with Gasteiger partial charge >= 0.3 is 0 Å². The number of carbonyl (C=O) groups is 1. The van der Waals surface area contributed by atoms with Gasteiger partial charge in [0.1, 0.15) is 23.2 Å². The zero-order valence-corrected chi connectivity index (χ0v) is 15.1. The fraction of sp³-hybridized carbons (Fsp3) is 0.421. The third-order valence-corrected chi connectivity index (χ3v) is 3.91. The van der Waals surface area contributed by atoms with Crippen LogP contribution in [0.4, 0.5) is 10.2 Å². The lowest BCUT2D eigenvalue weighted by Crippen LogP contribution is -2.28. The standard InChI is InChI=1S/C19H25FN4O/c1-4-5-12-24(3)18-13-17(22-14(2)23-18)19(25)21-11-10-15-6-8-16(20)9-7-15/h6-9,13H,4-5,10-12H2,1-3H3,(H,21,25). The maximum atomic E-state index is 12.9. The van der Waals surface area contributed by atoms with Gasteiger partial charge in [0.15, 0.2) is 0 Å². The quantitative estimate of drug-likeness (QED) is 0.799. The van der Waals surface area contributed by atoms with Crippen molar-refractivity contribution in [2.45, 2.75) is 33.1 Å². The zero-order valence-electron chi connectivity index (χ0n) is 15.1. The second-order valence-electron chi connectivity index (χ2n) is 6.07. The molecule has 1 heterocycles. The van der Waals surface area contributed by atoms with E-state index < -0.39 is 0 Å². The van der Waals surface area contributed by atoms with Gasteiger partial charge in [0.25, 0.3) is 5.91 Å². The molecule has 0 aliphatic heterocycles. The molecule has 0 spiro atoms. The molecule has 25 heavy (non-hydrogen) atoms. The molecule has 6 heteroatoms. The van der Waals surface area contributed by atoms with Gasteiger partial charge in [0.2, 0.25) is 0 Å². The number of aryl methyl sites for hydroxylation is 1. The van der Waals surface area contributed by atoms with Crippen LogP contribution in [0.2, 0.25) is 0 Å². The third kappa shape index (κ3) is 5.81. The Balaban J connectivity index is 1.96. The summed E-state index contributed by atoms with van der Waals surface area (Å²) in [7, 11) is 1.97. The molecule has 0 fully saturated rings. The van der Waals surface area contributed by atoms with Crippen molar-refractivity contribution in [2.75, 3.05) is 25.0 Å². The number of rotatable bonds is 8. The normalized spacial score (nSPS) is 10.6. The van der Waals surface area contributed by atoms with Gasteiger partial charge in [0, 0.05) is 26.2 Å². The molecule has 1 N–H and O–H groups in total. The minimum atomic E-state index is -0.260. The average molecular weight is 344 g/mol. The molecule has 2 rings (SSSR count). The van der Waals surface area contributed by atoms with Crippen molar-refractivity contribution in [2.24, 2.45) is 0 Å². The van der Waals surface area contributed by atoms with Gasteiger partial charge in [-0.1, -0.05) is 25.5 Å². The van der Waals surface area contributed by atoms with Gasteiger partial charge in [-0.05, 0) is 37.5 Å². The summed E-state index contributed by atoms with van der Waals surface area (Å²) in [5.41, 5.74) is 1.34. The fourth-order valence-electron chi connectivity index (χ4n) is 2.44. The molecule has 0 saturated carbocycles. The van der Waals surface area contributed by atoms with E-state index in [0.29, 0.717) is 24.5 Å². The predicted molar refractivity (Wildman–Crippen MR) is 97.4 cm³/mol. The van der Waals surface area contributed by atoms with Crippen LogP contribution in [0.3, 0.4) is 0 Å². The molecule has 2 aromatic rings. The Morgan fingerprint density at radius 2 is 1.96 bits per heavy atom. The number of amides is 1. The van der Waals surface area contributed by atoms with Crippen LogP contribution in [-0.4, -0.2) is 36.0 Å². The number of aromatic nitrogens is 2. The van der Waals surface area contributed by atoms with Gasteiger partial charge in [-0.3, -0.25) is 4.79 Å². The van der Waals surface area contributed by atoms with Crippen LogP contribution in [0.15, 0.2) is 30.3 Å². The first-order valence-corrected chi connectivity index (χ1v) is 8.59. The van der Waals surface area contributed by atoms with Crippen LogP contribution < -0.4 is 10.2 Å². The monoisotopic (exact) mass is 344 g/mol. The van der Waals surface area contributed by atoms with E-state index in [0.717, 1.165) is 30.8 Å². The van der Waals surface area contributed by atoms with E-state index >= 15 is 0 Å². The van der Waals surface area contributed by atoms with E-state index in [1.54, 1.807) is 25.1 Å². The number of unbranched alkanes of at least 4 members (excludes halogenated alkanes) is 1. The fourth-order valence-corrected chi connectivity index (χ4v) is 2.44. The summed E-state index contributed by atoms with van der Waals surface area (Å²) in [5, 5.41) is 2.86. The van der Waals surface area contributed by atoms with E-state index in [1.165, 1.54) is 12.1 Å². The summed E-state index contributed by atoms with van der Waals surface area (Å²) < 4.78 is 12.9. The minimum absolute atomic E-state index is 0.224. The highest BCUT2D eigenvalue weighted by Crippen LogP contribution is 2.12. The summed E-state index contributed by atoms with van der Waals surface area (Å²) in [6, 6.07) is 8.00. The summed E-state index contributed by atoms with van der Waals surface area (Å²) in [6.45, 7) is 5.28. The minimum Gasteiger partial charge on any atom is -0.360 e. The Hall–Kier alpha value is -2.50. The number of halogens is 1. The zero-order chi connectivity index (χ0) is 18.2. The lowest BCUT2D eigenvalue weighted by molar-refractivity contribution is 0.0948. The molecule has 0 aliphatic carbocycles. The van der Waals surface area contributed by atoms with E-state index in [1.807, 2.05) is 11.9 Å². The van der Waals surface area contributed by atoms with Crippen molar-refractivity contribution < 1.29 is 9.18 Å². The molecule has 0 unspecified atom stereocenters. The molecular formula is C19H25FN4O. The smallest absolute Gasteiger partial charge is 0.270 e. The third-order valence-electron chi connectivity index (χ3n) is 3.91. The molecule has 134 valence electrons. The highest BCUT2D eigenvalue weighted by molar-refractivity contribution is 5.92. The first kappa shape index (κ1) is 18.8. The second kappa shape index (κ2) is 9.11. The molecule has 1 amide bonds. The van der Waals surface area contributed by atoms with Crippen LogP contribution in [0.25, 0.3) is 0 Å². The number of carbonyl (C=O) groups excluding carboxylic acids is 1. The molecule has 0 radical (unpaired) electrons. The Labute approximate surface area is 148 Å². The predicted octanol–water partition coefficient (Wildman–Crippen LogP) is 3.13. The largest absolute Gasteiger partial charge is 0.360 e. The van der Waals surface area contributed by atoms with Crippen LogP contribution in [0.1, 0.15) is 41.6 Å². The first-order valence-electron chi connectivity index (χ1n) is 8.59. The van der Waals surface area contributed by atoms with Gasteiger partial charge < -0.3 is 10.2 Å². The van der Waals surface area contributed by atoms with E-state index in [2.05, 4.69) is 22.2 Å². The Morgan fingerprint density at radius 1 is 1.24 bits per heavy atom. The van der Waals surface area contributed by atoms with Gasteiger partial charge in [0.05, 0.1) is 0 Å². The van der Waals surface area contributed by atoms with E-state index in [9.17, 15) is 9.18 Å². The Kier molecular flexibility index (Phi) is 6.86. The molecule has 0 bridgehead atoms. The molecule has 0 saturated heterocycles. The lowest BCUT2D eigenvalue weighted by atomic mass is 10.1.